The van der Waals surface area contributed by atoms with E-state index in [-0.39, 0.29) is 31.4 Å². The molecule has 1 aliphatic rings. The average molecular weight is 391 g/mol. The van der Waals surface area contributed by atoms with Crippen LogP contribution in [0.4, 0.5) is 18.9 Å². The minimum atomic E-state index is -4.29. The van der Waals surface area contributed by atoms with Gasteiger partial charge in [-0.05, 0) is 42.0 Å². The summed E-state index contributed by atoms with van der Waals surface area (Å²) >= 11 is 0. The molecule has 1 amide bonds. The third-order valence-corrected chi connectivity index (χ3v) is 5.10. The molecule has 0 atom stereocenters. The number of alkyl halides is 3. The number of carbonyl (C=O) groups is 2. The first-order valence-corrected chi connectivity index (χ1v) is 8.93. The number of halogens is 3. The number of anilines is 1. The Labute approximate surface area is 160 Å². The molecule has 148 valence electrons. The molecule has 0 aromatic heterocycles. The van der Waals surface area contributed by atoms with Crippen LogP contribution >= 0.6 is 0 Å². The van der Waals surface area contributed by atoms with Crippen molar-refractivity contribution in [3.63, 3.8) is 0 Å². The SMILES string of the molecule is O=C(CC1(C(=O)O)Cc2ccccc2C1)Nc1ccccc1CCC(F)(F)F. The molecule has 0 unspecified atom stereocenters. The first kappa shape index (κ1) is 19.9. The van der Waals surface area contributed by atoms with Crippen LogP contribution in [-0.2, 0) is 28.9 Å². The first-order chi connectivity index (χ1) is 13.2. The highest BCUT2D eigenvalue weighted by molar-refractivity contribution is 5.95. The number of carboxylic acid groups (broad SMARTS) is 1. The molecule has 4 nitrogen and oxygen atoms in total. The van der Waals surface area contributed by atoms with E-state index in [2.05, 4.69) is 5.32 Å². The number of carboxylic acids is 1. The Balaban J connectivity index is 1.73. The van der Waals surface area contributed by atoms with Crippen molar-refractivity contribution in [3.8, 4) is 0 Å². The monoisotopic (exact) mass is 391 g/mol. The van der Waals surface area contributed by atoms with Gasteiger partial charge in [0.25, 0.3) is 0 Å². The van der Waals surface area contributed by atoms with Crippen LogP contribution in [0, 0.1) is 5.41 Å². The minimum Gasteiger partial charge on any atom is -0.481 e. The lowest BCUT2D eigenvalue weighted by Gasteiger charge is -2.23. The summed E-state index contributed by atoms with van der Waals surface area (Å²) in [6.07, 6.45) is -5.28. The molecule has 0 heterocycles. The molecule has 1 aliphatic carbocycles. The molecule has 0 bridgehead atoms. The van der Waals surface area contributed by atoms with E-state index in [1.807, 2.05) is 24.3 Å². The highest BCUT2D eigenvalue weighted by Crippen LogP contribution is 2.40. The van der Waals surface area contributed by atoms with Gasteiger partial charge in [-0.1, -0.05) is 42.5 Å². The first-order valence-electron chi connectivity index (χ1n) is 8.93. The summed E-state index contributed by atoms with van der Waals surface area (Å²) in [5.41, 5.74) is 1.22. The second-order valence-corrected chi connectivity index (χ2v) is 7.21. The third-order valence-electron chi connectivity index (χ3n) is 5.10. The van der Waals surface area contributed by atoms with Crippen molar-refractivity contribution in [1.82, 2.24) is 0 Å². The van der Waals surface area contributed by atoms with Gasteiger partial charge in [0.15, 0.2) is 0 Å². The molecule has 7 heteroatoms. The Morgan fingerprint density at radius 3 is 2.14 bits per heavy atom. The second-order valence-electron chi connectivity index (χ2n) is 7.21. The standard InChI is InChI=1S/C21H20F3NO3/c22-21(23,24)10-9-14-5-3-4-8-17(14)25-18(26)13-20(19(27)28)11-15-6-1-2-7-16(15)12-20/h1-8H,9-13H2,(H,25,26)(H,27,28). The smallest absolute Gasteiger partial charge is 0.389 e. The van der Waals surface area contributed by atoms with Gasteiger partial charge in [-0.25, -0.2) is 0 Å². The van der Waals surface area contributed by atoms with E-state index in [0.717, 1.165) is 11.1 Å². The Bertz CT molecular complexity index is 867. The molecular formula is C21H20F3NO3. The van der Waals surface area contributed by atoms with Crippen molar-refractivity contribution in [1.29, 1.82) is 0 Å². The Morgan fingerprint density at radius 1 is 1.00 bits per heavy atom. The van der Waals surface area contributed by atoms with Gasteiger partial charge in [0.1, 0.15) is 0 Å². The van der Waals surface area contributed by atoms with Crippen molar-refractivity contribution in [2.45, 2.75) is 38.3 Å². The zero-order valence-electron chi connectivity index (χ0n) is 15.1. The number of nitrogens with one attached hydrogen (secondary N) is 1. The second kappa shape index (κ2) is 7.66. The fourth-order valence-corrected chi connectivity index (χ4v) is 3.68. The third kappa shape index (κ3) is 4.52. The van der Waals surface area contributed by atoms with Gasteiger partial charge in [-0.3, -0.25) is 9.59 Å². The topological polar surface area (TPSA) is 66.4 Å². The summed E-state index contributed by atoms with van der Waals surface area (Å²) in [6, 6.07) is 13.6. The number of aliphatic carboxylic acids is 1. The van der Waals surface area contributed by atoms with Gasteiger partial charge < -0.3 is 10.4 Å². The maximum Gasteiger partial charge on any atom is 0.389 e. The van der Waals surface area contributed by atoms with E-state index in [4.69, 9.17) is 0 Å². The summed E-state index contributed by atoms with van der Waals surface area (Å²) in [4.78, 5) is 24.5. The van der Waals surface area contributed by atoms with Gasteiger partial charge in [0.2, 0.25) is 5.91 Å². The molecule has 0 spiro atoms. The van der Waals surface area contributed by atoms with Crippen LogP contribution in [0.5, 0.6) is 0 Å². The normalized spacial score (nSPS) is 15.1. The lowest BCUT2D eigenvalue weighted by molar-refractivity contribution is -0.150. The number of hydrogen-bond donors (Lipinski definition) is 2. The van der Waals surface area contributed by atoms with E-state index >= 15 is 0 Å². The number of aryl methyl sites for hydroxylation is 1. The predicted octanol–water partition coefficient (Wildman–Crippen LogP) is 4.38. The van der Waals surface area contributed by atoms with Crippen LogP contribution < -0.4 is 5.32 Å². The van der Waals surface area contributed by atoms with Crippen LogP contribution in [0.2, 0.25) is 0 Å². The molecule has 2 N–H and O–H groups in total. The number of fused-ring (bicyclic) bond motifs is 1. The number of para-hydroxylation sites is 1. The summed E-state index contributed by atoms with van der Waals surface area (Å²) in [6.45, 7) is 0. The van der Waals surface area contributed by atoms with E-state index in [0.29, 0.717) is 5.56 Å². The van der Waals surface area contributed by atoms with Crippen LogP contribution in [0.25, 0.3) is 0 Å². The zero-order valence-corrected chi connectivity index (χ0v) is 15.1. The van der Waals surface area contributed by atoms with Crippen molar-refractivity contribution >= 4 is 17.6 Å². The van der Waals surface area contributed by atoms with Gasteiger partial charge in [0.05, 0.1) is 5.41 Å². The number of hydrogen-bond acceptors (Lipinski definition) is 2. The molecule has 0 fully saturated rings. The summed E-state index contributed by atoms with van der Waals surface area (Å²) < 4.78 is 37.6. The lowest BCUT2D eigenvalue weighted by atomic mass is 9.81. The molecule has 0 aliphatic heterocycles. The lowest BCUT2D eigenvalue weighted by Crippen LogP contribution is -2.36. The molecule has 28 heavy (non-hydrogen) atoms. The largest absolute Gasteiger partial charge is 0.481 e. The van der Waals surface area contributed by atoms with Crippen molar-refractivity contribution < 1.29 is 27.9 Å². The van der Waals surface area contributed by atoms with Gasteiger partial charge in [-0.15, -0.1) is 0 Å². The molecular weight excluding hydrogens is 371 g/mol. The molecule has 2 aromatic rings. The number of rotatable bonds is 6. The minimum absolute atomic E-state index is 0.245. The van der Waals surface area contributed by atoms with Crippen LogP contribution in [0.3, 0.4) is 0 Å². The highest BCUT2D eigenvalue weighted by atomic mass is 19.4. The van der Waals surface area contributed by atoms with E-state index in [9.17, 15) is 27.9 Å². The van der Waals surface area contributed by atoms with Crippen molar-refractivity contribution in [2.24, 2.45) is 5.41 Å². The summed E-state index contributed by atoms with van der Waals surface area (Å²) in [5.74, 6) is -1.57. The van der Waals surface area contributed by atoms with Gasteiger partial charge in [-0.2, -0.15) is 13.2 Å². The summed E-state index contributed by atoms with van der Waals surface area (Å²) in [5, 5.41) is 12.4. The molecule has 3 rings (SSSR count). The fourth-order valence-electron chi connectivity index (χ4n) is 3.68. The van der Waals surface area contributed by atoms with Crippen molar-refractivity contribution in [2.75, 3.05) is 5.32 Å². The highest BCUT2D eigenvalue weighted by Gasteiger charge is 2.45. The maximum atomic E-state index is 12.6. The number of amides is 1. The van der Waals surface area contributed by atoms with Gasteiger partial charge >= 0.3 is 12.1 Å². The Kier molecular flexibility index (Phi) is 5.45. The zero-order chi connectivity index (χ0) is 20.4. The van der Waals surface area contributed by atoms with Crippen LogP contribution in [0.15, 0.2) is 48.5 Å². The molecule has 0 radical (unpaired) electrons. The number of carbonyl (C=O) groups excluding carboxylic acids is 1. The average Bonchev–Trinajstić information content (AvgIpc) is 2.99. The van der Waals surface area contributed by atoms with E-state index in [1.54, 1.807) is 12.1 Å². The Morgan fingerprint density at radius 2 is 1.57 bits per heavy atom. The maximum absolute atomic E-state index is 12.6. The van der Waals surface area contributed by atoms with Gasteiger partial charge in [0, 0.05) is 18.5 Å². The van der Waals surface area contributed by atoms with E-state index < -0.39 is 29.9 Å². The molecule has 2 aromatic carbocycles. The number of benzene rings is 2. The fraction of sp³-hybridized carbons (Fsp3) is 0.333. The molecule has 0 saturated heterocycles. The molecule has 0 saturated carbocycles. The Hall–Kier alpha value is -2.83. The quantitative estimate of drug-likeness (QED) is 0.768. The predicted molar refractivity (Wildman–Crippen MR) is 98.0 cm³/mol. The van der Waals surface area contributed by atoms with Crippen molar-refractivity contribution in [3.05, 3.63) is 65.2 Å². The van der Waals surface area contributed by atoms with Crippen LogP contribution in [-0.4, -0.2) is 23.2 Å². The summed E-state index contributed by atoms with van der Waals surface area (Å²) in [7, 11) is 0. The van der Waals surface area contributed by atoms with Crippen LogP contribution in [0.1, 0.15) is 29.5 Å². The van der Waals surface area contributed by atoms with E-state index in [1.165, 1.54) is 12.1 Å².